The summed E-state index contributed by atoms with van der Waals surface area (Å²) >= 11 is 0. The summed E-state index contributed by atoms with van der Waals surface area (Å²) in [6.45, 7) is 2.10. The second-order valence-corrected chi connectivity index (χ2v) is 12.7. The Hall–Kier alpha value is -2.28. The third-order valence-electron chi connectivity index (χ3n) is 8.38. The molecule has 0 bridgehead atoms. The van der Waals surface area contributed by atoms with Gasteiger partial charge in [-0.2, -0.15) is 0 Å². The summed E-state index contributed by atoms with van der Waals surface area (Å²) in [6, 6.07) is 0. The summed E-state index contributed by atoms with van der Waals surface area (Å²) < 4.78 is 32.8. The molecule has 15 heteroatoms. The first-order chi connectivity index (χ1) is 24.5. The molecule has 0 saturated carbocycles. The lowest BCUT2D eigenvalue weighted by Gasteiger charge is -2.42. The van der Waals surface area contributed by atoms with E-state index >= 15 is 0 Å². The summed E-state index contributed by atoms with van der Waals surface area (Å²) in [5.74, 6) is -1.01. The molecule has 2 saturated heterocycles. The van der Waals surface area contributed by atoms with Gasteiger partial charge in [-0.3, -0.25) is 9.59 Å². The predicted molar refractivity (Wildman–Crippen MR) is 183 cm³/mol. The van der Waals surface area contributed by atoms with Crippen LogP contribution in [0, 0.1) is 0 Å². The van der Waals surface area contributed by atoms with Crippen LogP contribution in [0.5, 0.6) is 0 Å². The maximum atomic E-state index is 12.7. The molecule has 294 valence electrons. The molecular formula is C36H60O15. The molecule has 7 N–H and O–H groups in total. The lowest BCUT2D eigenvalue weighted by atomic mass is 9.98. The van der Waals surface area contributed by atoms with Crippen molar-refractivity contribution < 1.29 is 73.8 Å². The Labute approximate surface area is 300 Å². The standard InChI is InChI=1S/C36H60O15/c1-3-5-7-8-9-10-11-12-13-14-15-16-17-19-28(39)49-24(21-46-27(38)18-6-4-2)22-47-35-34(45)32(43)30(41)26(51-35)23-48-36-33(44)31(42)29(40)25(20-37)50-36/h5,7,9-10,12-13,24-26,29-37,40-45H,3-4,6,8,11,14-23H2,1-2H3/b7-5-,10-9-,13-12-. The van der Waals surface area contributed by atoms with Crippen LogP contribution in [0.2, 0.25) is 0 Å². The zero-order valence-corrected chi connectivity index (χ0v) is 29.8. The third-order valence-corrected chi connectivity index (χ3v) is 8.38. The van der Waals surface area contributed by atoms with Crippen LogP contribution < -0.4 is 0 Å². The molecule has 0 aliphatic carbocycles. The highest BCUT2D eigenvalue weighted by Gasteiger charge is 2.47. The van der Waals surface area contributed by atoms with E-state index in [0.29, 0.717) is 12.8 Å². The number of aliphatic hydroxyl groups excluding tert-OH is 7. The van der Waals surface area contributed by atoms with E-state index in [2.05, 4.69) is 43.4 Å². The summed E-state index contributed by atoms with van der Waals surface area (Å²) in [5.41, 5.74) is 0. The molecule has 15 nitrogen and oxygen atoms in total. The molecule has 51 heavy (non-hydrogen) atoms. The Morgan fingerprint density at radius 3 is 1.88 bits per heavy atom. The van der Waals surface area contributed by atoms with Gasteiger partial charge in [-0.1, -0.05) is 63.1 Å². The molecule has 2 fully saturated rings. The van der Waals surface area contributed by atoms with Crippen molar-refractivity contribution in [3.8, 4) is 0 Å². The van der Waals surface area contributed by atoms with Crippen molar-refractivity contribution in [2.75, 3.05) is 26.4 Å². The van der Waals surface area contributed by atoms with E-state index in [-0.39, 0.29) is 19.4 Å². The first-order valence-electron chi connectivity index (χ1n) is 18.1. The molecule has 2 aliphatic heterocycles. The molecule has 2 aliphatic rings. The van der Waals surface area contributed by atoms with Crippen LogP contribution in [0.1, 0.15) is 84.5 Å². The van der Waals surface area contributed by atoms with E-state index in [0.717, 1.165) is 44.9 Å². The number of aliphatic hydroxyl groups is 7. The first kappa shape index (κ1) is 44.9. The number of carbonyl (C=O) groups is 2. The number of unbranched alkanes of at least 4 members (excludes halogenated alkanes) is 4. The fourth-order valence-corrected chi connectivity index (χ4v) is 5.26. The number of allylic oxidation sites excluding steroid dienone is 6. The molecular weight excluding hydrogens is 672 g/mol. The second kappa shape index (κ2) is 25.7. The van der Waals surface area contributed by atoms with Crippen molar-refractivity contribution in [1.29, 1.82) is 0 Å². The summed E-state index contributed by atoms with van der Waals surface area (Å²) in [6.07, 6.45) is 3.59. The minimum Gasteiger partial charge on any atom is -0.462 e. The molecule has 2 heterocycles. The van der Waals surface area contributed by atoms with Gasteiger partial charge in [0.1, 0.15) is 55.4 Å². The predicted octanol–water partition coefficient (Wildman–Crippen LogP) is 1.08. The topological polar surface area (TPSA) is 231 Å². The van der Waals surface area contributed by atoms with E-state index in [1.165, 1.54) is 0 Å². The van der Waals surface area contributed by atoms with Crippen LogP contribution in [-0.4, -0.2) is 142 Å². The summed E-state index contributed by atoms with van der Waals surface area (Å²) in [4.78, 5) is 24.8. The number of hydrogen-bond acceptors (Lipinski definition) is 15. The van der Waals surface area contributed by atoms with Crippen molar-refractivity contribution in [3.63, 3.8) is 0 Å². The lowest BCUT2D eigenvalue weighted by molar-refractivity contribution is -0.332. The normalized spacial score (nSPS) is 30.7. The Bertz CT molecular complexity index is 1050. The fraction of sp³-hybridized carbons (Fsp3) is 0.778. The van der Waals surface area contributed by atoms with Gasteiger partial charge in [-0.05, 0) is 44.9 Å². The van der Waals surface area contributed by atoms with Crippen LogP contribution >= 0.6 is 0 Å². The Kier molecular flexibility index (Phi) is 22.6. The van der Waals surface area contributed by atoms with Gasteiger partial charge in [0.25, 0.3) is 0 Å². The largest absolute Gasteiger partial charge is 0.462 e. The van der Waals surface area contributed by atoms with Crippen LogP contribution in [0.4, 0.5) is 0 Å². The average Bonchev–Trinajstić information content (AvgIpc) is 3.12. The molecule has 0 spiro atoms. The van der Waals surface area contributed by atoms with Crippen LogP contribution in [0.25, 0.3) is 0 Å². The lowest BCUT2D eigenvalue weighted by Crippen LogP contribution is -2.61. The van der Waals surface area contributed by atoms with Crippen LogP contribution in [0.15, 0.2) is 36.5 Å². The van der Waals surface area contributed by atoms with Crippen LogP contribution in [0.3, 0.4) is 0 Å². The van der Waals surface area contributed by atoms with Gasteiger partial charge in [0.15, 0.2) is 18.7 Å². The molecule has 11 atom stereocenters. The minimum absolute atomic E-state index is 0.128. The number of rotatable bonds is 24. The highest BCUT2D eigenvalue weighted by molar-refractivity contribution is 5.70. The highest BCUT2D eigenvalue weighted by Crippen LogP contribution is 2.26. The van der Waals surface area contributed by atoms with E-state index in [9.17, 15) is 45.3 Å². The van der Waals surface area contributed by atoms with Crippen molar-refractivity contribution in [1.82, 2.24) is 0 Å². The highest BCUT2D eigenvalue weighted by atomic mass is 16.7. The SMILES string of the molecule is CC/C=C\C/C=C\C/C=C\CCCCCC(=O)OC(COC(=O)CCCC)COC1OC(COC2OC(CO)C(O)C(O)C2O)C(O)C(O)C1O. The molecule has 2 rings (SSSR count). The van der Waals surface area contributed by atoms with Gasteiger partial charge in [-0.25, -0.2) is 0 Å². The van der Waals surface area contributed by atoms with Gasteiger partial charge < -0.3 is 64.2 Å². The number of hydrogen-bond donors (Lipinski definition) is 7. The third kappa shape index (κ3) is 16.5. The summed E-state index contributed by atoms with van der Waals surface area (Å²) in [5, 5.41) is 71.1. The maximum Gasteiger partial charge on any atom is 0.306 e. The average molecular weight is 733 g/mol. The van der Waals surface area contributed by atoms with Gasteiger partial charge >= 0.3 is 11.9 Å². The second-order valence-electron chi connectivity index (χ2n) is 12.7. The van der Waals surface area contributed by atoms with Crippen LogP contribution in [-0.2, 0) is 38.0 Å². The zero-order chi connectivity index (χ0) is 37.6. The maximum absolute atomic E-state index is 12.7. The molecule has 0 aromatic carbocycles. The quantitative estimate of drug-likeness (QED) is 0.0418. The fourth-order valence-electron chi connectivity index (χ4n) is 5.26. The first-order valence-corrected chi connectivity index (χ1v) is 18.1. The number of ether oxygens (including phenoxy) is 6. The van der Waals surface area contributed by atoms with Gasteiger partial charge in [0.05, 0.1) is 19.8 Å². The zero-order valence-electron chi connectivity index (χ0n) is 29.8. The molecule has 0 aromatic heterocycles. The number of esters is 2. The van der Waals surface area contributed by atoms with Crippen molar-refractivity contribution in [2.24, 2.45) is 0 Å². The molecule has 0 aromatic rings. The minimum atomic E-state index is -1.76. The Morgan fingerprint density at radius 2 is 1.24 bits per heavy atom. The smallest absolute Gasteiger partial charge is 0.306 e. The monoisotopic (exact) mass is 732 g/mol. The van der Waals surface area contributed by atoms with Gasteiger partial charge in [-0.15, -0.1) is 0 Å². The number of carbonyl (C=O) groups excluding carboxylic acids is 2. The Morgan fingerprint density at radius 1 is 0.647 bits per heavy atom. The van der Waals surface area contributed by atoms with Crippen molar-refractivity contribution >= 4 is 11.9 Å². The van der Waals surface area contributed by atoms with E-state index in [1.807, 2.05) is 6.92 Å². The molecule has 0 radical (unpaired) electrons. The molecule has 0 amide bonds. The Balaban J connectivity index is 1.88. The van der Waals surface area contributed by atoms with Gasteiger partial charge in [0.2, 0.25) is 0 Å². The molecule has 11 unspecified atom stereocenters. The van der Waals surface area contributed by atoms with E-state index < -0.39 is 99.3 Å². The van der Waals surface area contributed by atoms with Crippen molar-refractivity contribution in [3.05, 3.63) is 36.5 Å². The van der Waals surface area contributed by atoms with E-state index in [4.69, 9.17) is 28.4 Å². The van der Waals surface area contributed by atoms with Gasteiger partial charge in [0, 0.05) is 12.8 Å². The summed E-state index contributed by atoms with van der Waals surface area (Å²) in [7, 11) is 0. The van der Waals surface area contributed by atoms with Crippen molar-refractivity contribution in [2.45, 2.75) is 152 Å². The van der Waals surface area contributed by atoms with E-state index in [1.54, 1.807) is 0 Å².